The smallest absolute Gasteiger partial charge is 0.231 e. The molecule has 1 aromatic carbocycles. The van der Waals surface area contributed by atoms with Gasteiger partial charge in [0, 0.05) is 18.0 Å². The first-order valence-corrected chi connectivity index (χ1v) is 6.65. The Morgan fingerprint density at radius 1 is 1.40 bits per heavy atom. The molecule has 0 heterocycles. The molecule has 0 saturated heterocycles. The predicted octanol–water partition coefficient (Wildman–Crippen LogP) is 1.06. The van der Waals surface area contributed by atoms with Gasteiger partial charge in [-0.3, -0.25) is 14.5 Å². The van der Waals surface area contributed by atoms with E-state index in [0.717, 1.165) is 0 Å². The number of nitrogen functional groups attached to an aromatic ring is 1. The molecule has 0 aliphatic heterocycles. The number of nitrogens with two attached hydrogens (primary N) is 2. The average molecular weight is 299 g/mol. The van der Waals surface area contributed by atoms with Gasteiger partial charge in [-0.05, 0) is 24.7 Å². The first-order chi connectivity index (χ1) is 9.42. The van der Waals surface area contributed by atoms with Crippen molar-refractivity contribution < 1.29 is 9.59 Å². The van der Waals surface area contributed by atoms with Crippen molar-refractivity contribution in [3.8, 4) is 0 Å². The van der Waals surface area contributed by atoms with Gasteiger partial charge in [-0.15, -0.1) is 0 Å². The van der Waals surface area contributed by atoms with Crippen molar-refractivity contribution in [1.82, 2.24) is 4.90 Å². The molecule has 0 fully saturated rings. The summed E-state index contributed by atoms with van der Waals surface area (Å²) >= 11 is 5.84. The van der Waals surface area contributed by atoms with E-state index < -0.39 is 5.91 Å². The van der Waals surface area contributed by atoms with Crippen molar-refractivity contribution in [1.29, 1.82) is 0 Å². The fourth-order valence-corrected chi connectivity index (χ4v) is 1.85. The molecule has 0 spiro atoms. The highest BCUT2D eigenvalue weighted by Crippen LogP contribution is 2.22. The van der Waals surface area contributed by atoms with Crippen molar-refractivity contribution in [2.24, 2.45) is 5.73 Å². The molecule has 0 aliphatic carbocycles. The number of rotatable bonds is 7. The minimum absolute atomic E-state index is 0.142. The van der Waals surface area contributed by atoms with E-state index in [1.807, 2.05) is 6.92 Å². The molecule has 0 saturated carbocycles. The first-order valence-electron chi connectivity index (χ1n) is 6.28. The maximum atomic E-state index is 11.8. The number of hydrogen-bond donors (Lipinski definition) is 3. The zero-order chi connectivity index (χ0) is 15.1. The normalized spacial score (nSPS) is 10.6. The maximum absolute atomic E-state index is 11.8. The van der Waals surface area contributed by atoms with Gasteiger partial charge in [0.2, 0.25) is 11.8 Å². The first kappa shape index (κ1) is 16.3. The van der Waals surface area contributed by atoms with Crippen molar-refractivity contribution in [3.63, 3.8) is 0 Å². The number of hydrogen-bond acceptors (Lipinski definition) is 4. The monoisotopic (exact) mass is 298 g/mol. The van der Waals surface area contributed by atoms with Gasteiger partial charge < -0.3 is 16.8 Å². The van der Waals surface area contributed by atoms with Crippen LogP contribution in [0.4, 0.5) is 11.4 Å². The Morgan fingerprint density at radius 2 is 2.10 bits per heavy atom. The third-order valence-corrected chi connectivity index (χ3v) is 3.01. The maximum Gasteiger partial charge on any atom is 0.231 e. The van der Waals surface area contributed by atoms with Crippen molar-refractivity contribution in [3.05, 3.63) is 23.2 Å². The molecule has 0 radical (unpaired) electrons. The molecule has 0 bridgehead atoms. The van der Waals surface area contributed by atoms with Gasteiger partial charge >= 0.3 is 0 Å². The Hall–Kier alpha value is -1.79. The third-order valence-electron chi connectivity index (χ3n) is 2.77. The third kappa shape index (κ3) is 5.46. The number of nitrogens with zero attached hydrogens (tertiary/aromatic N) is 1. The van der Waals surface area contributed by atoms with Crippen LogP contribution in [-0.4, -0.2) is 36.3 Å². The van der Waals surface area contributed by atoms with Crippen LogP contribution < -0.4 is 16.8 Å². The summed E-state index contributed by atoms with van der Waals surface area (Å²) in [6, 6.07) is 4.87. The molecular weight excluding hydrogens is 280 g/mol. The lowest BCUT2D eigenvalue weighted by Crippen LogP contribution is -2.35. The second-order valence-corrected chi connectivity index (χ2v) is 4.80. The molecular formula is C13H19ClN4O2. The number of likely N-dealkylation sites (N-methyl/N-ethyl adjacent to an activating group) is 1. The Kier molecular flexibility index (Phi) is 6.27. The fraction of sp³-hybridized carbons (Fsp3) is 0.385. The Labute approximate surface area is 123 Å². The summed E-state index contributed by atoms with van der Waals surface area (Å²) in [7, 11) is 0. The van der Waals surface area contributed by atoms with Crippen LogP contribution in [0.2, 0.25) is 5.02 Å². The predicted molar refractivity (Wildman–Crippen MR) is 80.4 cm³/mol. The zero-order valence-corrected chi connectivity index (χ0v) is 12.1. The molecule has 0 unspecified atom stereocenters. The summed E-state index contributed by atoms with van der Waals surface area (Å²) in [5, 5.41) is 3.19. The number of carbonyl (C=O) groups is 2. The van der Waals surface area contributed by atoms with Crippen LogP contribution in [0.15, 0.2) is 18.2 Å². The van der Waals surface area contributed by atoms with Gasteiger partial charge in [0.15, 0.2) is 0 Å². The fourth-order valence-electron chi connectivity index (χ4n) is 1.68. The van der Waals surface area contributed by atoms with E-state index >= 15 is 0 Å². The lowest BCUT2D eigenvalue weighted by atomic mass is 10.2. The summed E-state index contributed by atoms with van der Waals surface area (Å²) in [4.78, 5) is 24.5. The Balaban J connectivity index is 2.51. The molecule has 20 heavy (non-hydrogen) atoms. The molecule has 1 rings (SSSR count). The van der Waals surface area contributed by atoms with Crippen LogP contribution in [0.5, 0.6) is 0 Å². The molecule has 5 N–H and O–H groups in total. The number of amides is 2. The highest BCUT2D eigenvalue weighted by Gasteiger charge is 2.10. The summed E-state index contributed by atoms with van der Waals surface area (Å²) in [5.41, 5.74) is 11.8. The molecule has 7 heteroatoms. The van der Waals surface area contributed by atoms with Crippen LogP contribution in [0.25, 0.3) is 0 Å². The minimum Gasteiger partial charge on any atom is -0.397 e. The summed E-state index contributed by atoms with van der Waals surface area (Å²) in [6.07, 6.45) is 0.243. The average Bonchev–Trinajstić information content (AvgIpc) is 2.38. The summed E-state index contributed by atoms with van der Waals surface area (Å²) in [6.45, 7) is 3.14. The molecule has 2 amide bonds. The lowest BCUT2D eigenvalue weighted by Gasteiger charge is -2.18. The van der Waals surface area contributed by atoms with E-state index in [2.05, 4.69) is 5.32 Å². The van der Waals surface area contributed by atoms with E-state index in [1.54, 1.807) is 23.1 Å². The van der Waals surface area contributed by atoms with Gasteiger partial charge in [-0.1, -0.05) is 18.5 Å². The number of nitrogens with one attached hydrogen (secondary N) is 1. The van der Waals surface area contributed by atoms with E-state index in [1.165, 1.54) is 0 Å². The molecule has 0 aliphatic rings. The second-order valence-electron chi connectivity index (χ2n) is 4.36. The van der Waals surface area contributed by atoms with Crippen LogP contribution in [-0.2, 0) is 9.59 Å². The lowest BCUT2D eigenvalue weighted by molar-refractivity contribution is -0.120. The Bertz CT molecular complexity index is 493. The minimum atomic E-state index is -0.411. The number of anilines is 2. The standard InChI is InChI=1S/C13H19ClN4O2/c1-2-18(8-12(16)19)6-5-13(20)17-11-7-9(14)3-4-10(11)15/h3-4,7H,2,5-6,8,15H2,1H3,(H2,16,19)(H,17,20). The topological polar surface area (TPSA) is 101 Å². The van der Waals surface area contributed by atoms with E-state index in [4.69, 9.17) is 23.1 Å². The van der Waals surface area contributed by atoms with Gasteiger partial charge in [-0.25, -0.2) is 0 Å². The highest BCUT2D eigenvalue weighted by molar-refractivity contribution is 6.31. The second kappa shape index (κ2) is 7.72. The van der Waals surface area contributed by atoms with E-state index in [9.17, 15) is 9.59 Å². The Morgan fingerprint density at radius 3 is 2.70 bits per heavy atom. The summed E-state index contributed by atoms with van der Waals surface area (Å²) in [5.74, 6) is -0.603. The van der Waals surface area contributed by atoms with Crippen LogP contribution >= 0.6 is 11.6 Å². The van der Waals surface area contributed by atoms with E-state index in [0.29, 0.717) is 29.5 Å². The molecule has 110 valence electrons. The van der Waals surface area contributed by atoms with Crippen molar-refractivity contribution >= 4 is 34.8 Å². The molecule has 1 aromatic rings. The quantitative estimate of drug-likeness (QED) is 0.655. The number of benzene rings is 1. The van der Waals surface area contributed by atoms with Gasteiger partial charge in [0.05, 0.1) is 17.9 Å². The largest absolute Gasteiger partial charge is 0.397 e. The van der Waals surface area contributed by atoms with Gasteiger partial charge in [-0.2, -0.15) is 0 Å². The van der Waals surface area contributed by atoms with Crippen LogP contribution in [0, 0.1) is 0 Å². The number of primary amides is 1. The molecule has 6 nitrogen and oxygen atoms in total. The molecule has 0 atom stereocenters. The van der Waals surface area contributed by atoms with Crippen molar-refractivity contribution in [2.75, 3.05) is 30.7 Å². The van der Waals surface area contributed by atoms with E-state index in [-0.39, 0.29) is 18.9 Å². The summed E-state index contributed by atoms with van der Waals surface area (Å²) < 4.78 is 0. The zero-order valence-electron chi connectivity index (χ0n) is 11.4. The van der Waals surface area contributed by atoms with Gasteiger partial charge in [0.1, 0.15) is 0 Å². The van der Waals surface area contributed by atoms with Crippen LogP contribution in [0.1, 0.15) is 13.3 Å². The number of carbonyl (C=O) groups excluding carboxylic acids is 2. The highest BCUT2D eigenvalue weighted by atomic mass is 35.5. The molecule has 0 aromatic heterocycles. The number of halogens is 1. The van der Waals surface area contributed by atoms with Crippen LogP contribution in [0.3, 0.4) is 0 Å². The SMILES string of the molecule is CCN(CCC(=O)Nc1cc(Cl)ccc1N)CC(N)=O. The van der Waals surface area contributed by atoms with Crippen molar-refractivity contribution in [2.45, 2.75) is 13.3 Å². The van der Waals surface area contributed by atoms with Gasteiger partial charge in [0.25, 0.3) is 0 Å².